The molecule has 98 valence electrons. The van der Waals surface area contributed by atoms with Gasteiger partial charge in [-0.15, -0.1) is 0 Å². The molecule has 0 amide bonds. The van der Waals surface area contributed by atoms with Crippen LogP contribution in [0.25, 0.3) is 0 Å². The second-order valence-electron chi connectivity index (χ2n) is 4.73. The lowest BCUT2D eigenvalue weighted by atomic mass is 10.2. The molecule has 0 bridgehead atoms. The van der Waals surface area contributed by atoms with Crippen molar-refractivity contribution in [2.45, 2.75) is 39.9 Å². The molecule has 0 unspecified atom stereocenters. The first-order chi connectivity index (χ1) is 8.58. The minimum Gasteiger partial charge on any atom is -0.306 e. The molecule has 2 heterocycles. The molecule has 6 nitrogen and oxygen atoms in total. The van der Waals surface area contributed by atoms with E-state index in [0.29, 0.717) is 12.6 Å². The number of aromatic nitrogens is 5. The van der Waals surface area contributed by atoms with E-state index in [-0.39, 0.29) is 0 Å². The van der Waals surface area contributed by atoms with Crippen LogP contribution in [0.3, 0.4) is 0 Å². The van der Waals surface area contributed by atoms with Gasteiger partial charge in [-0.25, -0.2) is 9.67 Å². The standard InChI is InChI=1S/C12H20N6/c1-9(2)18-12(14-8-15-18)6-13-5-11-7-17(4)16-10(11)3/h7-9,13H,5-6H2,1-4H3. The van der Waals surface area contributed by atoms with Crippen molar-refractivity contribution >= 4 is 0 Å². The molecule has 0 fully saturated rings. The van der Waals surface area contributed by atoms with Crippen LogP contribution < -0.4 is 5.32 Å². The summed E-state index contributed by atoms with van der Waals surface area (Å²) < 4.78 is 3.77. The summed E-state index contributed by atoms with van der Waals surface area (Å²) >= 11 is 0. The highest BCUT2D eigenvalue weighted by Crippen LogP contribution is 2.06. The number of aryl methyl sites for hydroxylation is 2. The Balaban J connectivity index is 1.92. The Bertz CT molecular complexity index is 510. The fourth-order valence-electron chi connectivity index (χ4n) is 1.96. The van der Waals surface area contributed by atoms with Crippen molar-refractivity contribution in [2.24, 2.45) is 7.05 Å². The molecule has 0 aromatic carbocycles. The summed E-state index contributed by atoms with van der Waals surface area (Å²) in [6.45, 7) is 7.73. The molecule has 0 aliphatic rings. The van der Waals surface area contributed by atoms with Crippen molar-refractivity contribution in [3.8, 4) is 0 Å². The van der Waals surface area contributed by atoms with E-state index in [0.717, 1.165) is 18.1 Å². The van der Waals surface area contributed by atoms with Crippen LogP contribution in [0.15, 0.2) is 12.5 Å². The third-order valence-corrected chi connectivity index (χ3v) is 2.85. The Hall–Kier alpha value is -1.69. The zero-order valence-electron chi connectivity index (χ0n) is 11.4. The van der Waals surface area contributed by atoms with Gasteiger partial charge >= 0.3 is 0 Å². The van der Waals surface area contributed by atoms with Crippen LogP contribution in [0.5, 0.6) is 0 Å². The van der Waals surface area contributed by atoms with E-state index in [1.807, 2.05) is 29.5 Å². The predicted octanol–water partition coefficient (Wildman–Crippen LogP) is 1.19. The lowest BCUT2D eigenvalue weighted by Crippen LogP contribution is -2.18. The van der Waals surface area contributed by atoms with Gasteiger partial charge in [0.05, 0.1) is 12.2 Å². The summed E-state index contributed by atoms with van der Waals surface area (Å²) in [5, 5.41) is 11.9. The molecule has 0 aliphatic carbocycles. The normalized spacial score (nSPS) is 11.4. The zero-order chi connectivity index (χ0) is 13.1. The minimum atomic E-state index is 0.337. The molecule has 0 saturated heterocycles. The molecule has 2 rings (SSSR count). The van der Waals surface area contributed by atoms with Gasteiger partial charge < -0.3 is 5.32 Å². The van der Waals surface area contributed by atoms with E-state index in [2.05, 4.69) is 34.3 Å². The van der Waals surface area contributed by atoms with E-state index >= 15 is 0 Å². The lowest BCUT2D eigenvalue weighted by molar-refractivity contribution is 0.489. The van der Waals surface area contributed by atoms with Gasteiger partial charge in [-0.2, -0.15) is 10.2 Å². The van der Waals surface area contributed by atoms with E-state index in [1.165, 1.54) is 5.56 Å². The summed E-state index contributed by atoms with van der Waals surface area (Å²) in [4.78, 5) is 4.26. The largest absolute Gasteiger partial charge is 0.306 e. The molecular weight excluding hydrogens is 228 g/mol. The van der Waals surface area contributed by atoms with Crippen molar-refractivity contribution in [1.82, 2.24) is 29.9 Å². The van der Waals surface area contributed by atoms with Gasteiger partial charge in [0.15, 0.2) is 0 Å². The highest BCUT2D eigenvalue weighted by atomic mass is 15.4. The van der Waals surface area contributed by atoms with E-state index < -0.39 is 0 Å². The Morgan fingerprint density at radius 2 is 2.11 bits per heavy atom. The highest BCUT2D eigenvalue weighted by molar-refractivity contribution is 5.14. The molecule has 0 spiro atoms. The van der Waals surface area contributed by atoms with Crippen molar-refractivity contribution in [3.05, 3.63) is 29.6 Å². The number of nitrogens with one attached hydrogen (secondary N) is 1. The van der Waals surface area contributed by atoms with Crippen molar-refractivity contribution in [2.75, 3.05) is 0 Å². The van der Waals surface area contributed by atoms with Gasteiger partial charge in [0.25, 0.3) is 0 Å². The zero-order valence-corrected chi connectivity index (χ0v) is 11.4. The van der Waals surface area contributed by atoms with Gasteiger partial charge in [0.1, 0.15) is 12.2 Å². The smallest absolute Gasteiger partial charge is 0.141 e. The maximum Gasteiger partial charge on any atom is 0.141 e. The minimum absolute atomic E-state index is 0.337. The molecule has 0 atom stereocenters. The first kappa shape index (κ1) is 12.8. The quantitative estimate of drug-likeness (QED) is 0.863. The molecule has 0 radical (unpaired) electrons. The Morgan fingerprint density at radius 3 is 2.72 bits per heavy atom. The number of hydrogen-bond acceptors (Lipinski definition) is 4. The molecule has 18 heavy (non-hydrogen) atoms. The SMILES string of the molecule is Cc1nn(C)cc1CNCc1ncnn1C(C)C. The second-order valence-corrected chi connectivity index (χ2v) is 4.73. The Kier molecular flexibility index (Phi) is 3.76. The van der Waals surface area contributed by atoms with E-state index in [9.17, 15) is 0 Å². The third-order valence-electron chi connectivity index (χ3n) is 2.85. The van der Waals surface area contributed by atoms with Crippen LogP contribution in [-0.4, -0.2) is 24.5 Å². The summed E-state index contributed by atoms with van der Waals surface area (Å²) in [6, 6.07) is 0.337. The number of rotatable bonds is 5. The van der Waals surface area contributed by atoms with Crippen LogP contribution in [-0.2, 0) is 20.1 Å². The number of hydrogen-bond donors (Lipinski definition) is 1. The van der Waals surface area contributed by atoms with Crippen LogP contribution in [0.4, 0.5) is 0 Å². The summed E-state index contributed by atoms with van der Waals surface area (Å²) in [5.74, 6) is 0.964. The summed E-state index contributed by atoms with van der Waals surface area (Å²) in [5.41, 5.74) is 2.28. The van der Waals surface area contributed by atoms with E-state index in [1.54, 1.807) is 6.33 Å². The van der Waals surface area contributed by atoms with Crippen LogP contribution in [0.2, 0.25) is 0 Å². The summed E-state index contributed by atoms with van der Waals surface area (Å²) in [6.07, 6.45) is 3.64. The molecular formula is C12H20N6. The third kappa shape index (κ3) is 2.76. The Morgan fingerprint density at radius 1 is 1.33 bits per heavy atom. The highest BCUT2D eigenvalue weighted by Gasteiger charge is 2.08. The van der Waals surface area contributed by atoms with Crippen LogP contribution >= 0.6 is 0 Å². The van der Waals surface area contributed by atoms with Crippen LogP contribution in [0, 0.1) is 6.92 Å². The topological polar surface area (TPSA) is 60.6 Å². The van der Waals surface area contributed by atoms with Gasteiger partial charge in [0.2, 0.25) is 0 Å². The summed E-state index contributed by atoms with van der Waals surface area (Å²) in [7, 11) is 1.94. The van der Waals surface area contributed by atoms with Gasteiger partial charge in [-0.3, -0.25) is 4.68 Å². The van der Waals surface area contributed by atoms with Gasteiger partial charge in [-0.1, -0.05) is 0 Å². The second kappa shape index (κ2) is 5.30. The van der Waals surface area contributed by atoms with Gasteiger partial charge in [0, 0.05) is 31.4 Å². The van der Waals surface area contributed by atoms with E-state index in [4.69, 9.17) is 0 Å². The van der Waals surface area contributed by atoms with Crippen LogP contribution in [0.1, 0.15) is 37.0 Å². The number of nitrogens with zero attached hydrogens (tertiary/aromatic N) is 5. The molecule has 2 aromatic heterocycles. The molecule has 2 aromatic rings. The predicted molar refractivity (Wildman–Crippen MR) is 68.9 cm³/mol. The van der Waals surface area contributed by atoms with Crippen molar-refractivity contribution < 1.29 is 0 Å². The molecule has 0 aliphatic heterocycles. The first-order valence-corrected chi connectivity index (χ1v) is 6.16. The lowest BCUT2D eigenvalue weighted by Gasteiger charge is -2.09. The first-order valence-electron chi connectivity index (χ1n) is 6.16. The maximum absolute atomic E-state index is 4.32. The maximum atomic E-state index is 4.32. The Labute approximate surface area is 107 Å². The average molecular weight is 248 g/mol. The van der Waals surface area contributed by atoms with Crippen molar-refractivity contribution in [3.63, 3.8) is 0 Å². The van der Waals surface area contributed by atoms with Gasteiger partial charge in [-0.05, 0) is 20.8 Å². The monoisotopic (exact) mass is 248 g/mol. The molecule has 1 N–H and O–H groups in total. The van der Waals surface area contributed by atoms with Crippen molar-refractivity contribution in [1.29, 1.82) is 0 Å². The fourth-order valence-corrected chi connectivity index (χ4v) is 1.96. The molecule has 0 saturated carbocycles. The average Bonchev–Trinajstić information content (AvgIpc) is 2.86. The molecule has 6 heteroatoms. The fraction of sp³-hybridized carbons (Fsp3) is 0.583.